The molecule has 4 aromatic rings. The van der Waals surface area contributed by atoms with Crippen molar-refractivity contribution in [1.29, 1.82) is 0 Å². The second kappa shape index (κ2) is 10.5. The molecule has 1 aromatic heterocycles. The summed E-state index contributed by atoms with van der Waals surface area (Å²) in [4.78, 5) is 32.6. The lowest BCUT2D eigenvalue weighted by atomic mass is 9.91. The third-order valence-electron chi connectivity index (χ3n) is 6.76. The summed E-state index contributed by atoms with van der Waals surface area (Å²) in [5.74, 6) is -0.157. The van der Waals surface area contributed by atoms with Crippen LogP contribution in [0.1, 0.15) is 49.2 Å². The number of carbonyl (C=O) groups is 2. The zero-order chi connectivity index (χ0) is 26.9. The van der Waals surface area contributed by atoms with E-state index in [-0.39, 0.29) is 11.9 Å². The van der Waals surface area contributed by atoms with Crippen LogP contribution in [-0.2, 0) is 22.4 Å². The number of aromatic nitrogens is 1. The zero-order valence-electron chi connectivity index (χ0n) is 21.8. The van der Waals surface area contributed by atoms with Crippen molar-refractivity contribution in [3.63, 3.8) is 0 Å². The molecule has 2 N–H and O–H groups in total. The van der Waals surface area contributed by atoms with Crippen LogP contribution in [0.4, 0.5) is 4.79 Å². The fraction of sp³-hybridized carbons (Fsp3) is 0.290. The van der Waals surface area contributed by atoms with Gasteiger partial charge in [-0.25, -0.2) is 4.79 Å². The second-order valence-corrected chi connectivity index (χ2v) is 11.1. The molecule has 38 heavy (non-hydrogen) atoms. The predicted molar refractivity (Wildman–Crippen MR) is 150 cm³/mol. The molecule has 0 fully saturated rings. The molecule has 5 rings (SSSR count). The maximum absolute atomic E-state index is 14.3. The van der Waals surface area contributed by atoms with Gasteiger partial charge in [-0.2, -0.15) is 0 Å². The summed E-state index contributed by atoms with van der Waals surface area (Å²) in [7, 11) is 0. The molecule has 0 spiro atoms. The molecule has 0 saturated heterocycles. The lowest BCUT2D eigenvalue weighted by molar-refractivity contribution is -0.135. The van der Waals surface area contributed by atoms with E-state index < -0.39 is 17.7 Å². The summed E-state index contributed by atoms with van der Waals surface area (Å²) in [5.41, 5.74) is 4.40. The van der Waals surface area contributed by atoms with E-state index in [0.717, 1.165) is 27.7 Å². The van der Waals surface area contributed by atoms with E-state index in [9.17, 15) is 9.59 Å². The van der Waals surface area contributed by atoms with Crippen LogP contribution in [0.3, 0.4) is 0 Å². The number of rotatable bonds is 5. The van der Waals surface area contributed by atoms with Gasteiger partial charge in [0.1, 0.15) is 11.6 Å². The average molecular weight is 530 g/mol. The van der Waals surface area contributed by atoms with Crippen LogP contribution in [0, 0.1) is 0 Å². The van der Waals surface area contributed by atoms with Crippen molar-refractivity contribution in [3.05, 3.63) is 106 Å². The van der Waals surface area contributed by atoms with E-state index >= 15 is 0 Å². The van der Waals surface area contributed by atoms with E-state index in [2.05, 4.69) is 10.3 Å². The van der Waals surface area contributed by atoms with Gasteiger partial charge in [0.2, 0.25) is 5.91 Å². The van der Waals surface area contributed by atoms with E-state index in [1.165, 1.54) is 5.56 Å². The number of hydrogen-bond acceptors (Lipinski definition) is 3. The summed E-state index contributed by atoms with van der Waals surface area (Å²) in [6, 6.07) is 24.4. The fourth-order valence-corrected chi connectivity index (χ4v) is 5.35. The summed E-state index contributed by atoms with van der Waals surface area (Å²) in [6.45, 7) is 5.92. The Bertz CT molecular complexity index is 1440. The minimum Gasteiger partial charge on any atom is -0.444 e. The van der Waals surface area contributed by atoms with Crippen LogP contribution in [-0.4, -0.2) is 40.1 Å². The van der Waals surface area contributed by atoms with Crippen molar-refractivity contribution < 1.29 is 14.3 Å². The van der Waals surface area contributed by atoms with Crippen LogP contribution in [0.15, 0.2) is 78.9 Å². The molecule has 2 atom stereocenters. The number of nitrogens with one attached hydrogen (secondary N) is 2. The molecule has 3 aromatic carbocycles. The highest BCUT2D eigenvalue weighted by atomic mass is 35.5. The number of ether oxygens (including phenoxy) is 1. The first-order chi connectivity index (χ1) is 18.2. The molecule has 1 aliphatic rings. The van der Waals surface area contributed by atoms with E-state index in [1.54, 1.807) is 20.8 Å². The smallest absolute Gasteiger partial charge is 0.408 e. The quantitative estimate of drug-likeness (QED) is 0.313. The Hall–Kier alpha value is -3.77. The third-order valence-corrected chi connectivity index (χ3v) is 6.99. The van der Waals surface area contributed by atoms with Crippen LogP contribution in [0.25, 0.3) is 10.9 Å². The van der Waals surface area contributed by atoms with Gasteiger partial charge in [0.25, 0.3) is 0 Å². The number of amides is 2. The molecule has 1 unspecified atom stereocenters. The van der Waals surface area contributed by atoms with Gasteiger partial charge >= 0.3 is 6.09 Å². The van der Waals surface area contributed by atoms with Crippen molar-refractivity contribution in [1.82, 2.24) is 15.2 Å². The first-order valence-electron chi connectivity index (χ1n) is 12.9. The second-order valence-electron chi connectivity index (χ2n) is 10.7. The maximum Gasteiger partial charge on any atom is 0.408 e. The molecule has 2 amide bonds. The van der Waals surface area contributed by atoms with Crippen molar-refractivity contribution >= 4 is 34.5 Å². The molecule has 2 heterocycles. The predicted octanol–water partition coefficient (Wildman–Crippen LogP) is 6.43. The van der Waals surface area contributed by atoms with Crippen LogP contribution in [0.5, 0.6) is 0 Å². The van der Waals surface area contributed by atoms with Crippen LogP contribution < -0.4 is 5.32 Å². The zero-order valence-corrected chi connectivity index (χ0v) is 22.6. The van der Waals surface area contributed by atoms with Gasteiger partial charge in [-0.15, -0.1) is 0 Å². The highest BCUT2D eigenvalue weighted by molar-refractivity contribution is 6.31. The molecule has 196 valence electrons. The standard InChI is InChI=1S/C31H32ClN3O3/c1-31(2,3)38-30(37)34-26(18-20-10-6-4-7-11-20)29(36)35-17-16-23-24-19-22(32)14-15-25(24)33-27(23)28(35)21-12-8-5-9-13-21/h4-15,19,26,28,33H,16-18H2,1-3H3,(H,34,37)/t26-,28?/m0/s1. The van der Waals surface area contributed by atoms with Crippen LogP contribution in [0.2, 0.25) is 5.02 Å². The van der Waals surface area contributed by atoms with E-state index in [1.807, 2.05) is 83.8 Å². The Morgan fingerprint density at radius 1 is 1.05 bits per heavy atom. The Kier molecular flexibility index (Phi) is 7.17. The molecule has 0 aliphatic carbocycles. The van der Waals surface area contributed by atoms with Crippen molar-refractivity contribution in [2.24, 2.45) is 0 Å². The first-order valence-corrected chi connectivity index (χ1v) is 13.3. The molecule has 0 radical (unpaired) electrons. The van der Waals surface area contributed by atoms with Gasteiger partial charge in [0, 0.05) is 34.6 Å². The Balaban J connectivity index is 1.54. The van der Waals surface area contributed by atoms with Gasteiger partial charge < -0.3 is 19.9 Å². The molecule has 0 bridgehead atoms. The Morgan fingerprint density at radius 2 is 1.74 bits per heavy atom. The lowest BCUT2D eigenvalue weighted by Gasteiger charge is -2.38. The molecule has 0 saturated carbocycles. The van der Waals surface area contributed by atoms with Gasteiger partial charge in [0.15, 0.2) is 0 Å². The van der Waals surface area contributed by atoms with Crippen molar-refractivity contribution in [2.75, 3.05) is 6.54 Å². The number of benzene rings is 3. The van der Waals surface area contributed by atoms with E-state index in [0.29, 0.717) is 24.4 Å². The van der Waals surface area contributed by atoms with Crippen molar-refractivity contribution in [2.45, 2.75) is 51.3 Å². The number of hydrogen-bond donors (Lipinski definition) is 2. The van der Waals surface area contributed by atoms with Gasteiger partial charge in [0.05, 0.1) is 6.04 Å². The molecular weight excluding hydrogens is 498 g/mol. The SMILES string of the molecule is CC(C)(C)OC(=O)N[C@@H](Cc1ccccc1)C(=O)N1CCc2c([nH]c3ccc(Cl)cc23)C1c1ccccc1. The topological polar surface area (TPSA) is 74.4 Å². The van der Waals surface area contributed by atoms with Gasteiger partial charge in [-0.05, 0) is 62.1 Å². The summed E-state index contributed by atoms with van der Waals surface area (Å²) in [6.07, 6.45) is 0.419. The minimum atomic E-state index is -0.793. The number of halogens is 1. The van der Waals surface area contributed by atoms with Crippen LogP contribution >= 0.6 is 11.6 Å². The van der Waals surface area contributed by atoms with Gasteiger partial charge in [-0.1, -0.05) is 72.3 Å². The monoisotopic (exact) mass is 529 g/mol. The number of alkyl carbamates (subject to hydrolysis) is 1. The third kappa shape index (κ3) is 5.55. The Morgan fingerprint density at radius 3 is 2.42 bits per heavy atom. The lowest BCUT2D eigenvalue weighted by Crippen LogP contribution is -2.53. The number of fused-ring (bicyclic) bond motifs is 3. The summed E-state index contributed by atoms with van der Waals surface area (Å²) >= 11 is 6.33. The Labute approximate surface area is 227 Å². The molecule has 1 aliphatic heterocycles. The summed E-state index contributed by atoms with van der Waals surface area (Å²) < 4.78 is 5.52. The average Bonchev–Trinajstić information content (AvgIpc) is 3.25. The molecule has 7 heteroatoms. The normalized spacial score (nSPS) is 16.1. The number of nitrogens with zero attached hydrogens (tertiary/aromatic N) is 1. The minimum absolute atomic E-state index is 0.157. The largest absolute Gasteiger partial charge is 0.444 e. The van der Waals surface area contributed by atoms with Crippen molar-refractivity contribution in [3.8, 4) is 0 Å². The molecule has 6 nitrogen and oxygen atoms in total. The summed E-state index contributed by atoms with van der Waals surface area (Å²) in [5, 5.41) is 4.63. The highest BCUT2D eigenvalue weighted by Crippen LogP contribution is 2.39. The number of aromatic amines is 1. The fourth-order valence-electron chi connectivity index (χ4n) is 5.18. The highest BCUT2D eigenvalue weighted by Gasteiger charge is 2.38. The van der Waals surface area contributed by atoms with E-state index in [4.69, 9.17) is 16.3 Å². The van der Waals surface area contributed by atoms with Gasteiger partial charge in [-0.3, -0.25) is 4.79 Å². The first kappa shape index (κ1) is 25.9. The number of H-pyrrole nitrogens is 1. The number of carbonyl (C=O) groups excluding carboxylic acids is 2. The molecular formula is C31H32ClN3O3. The maximum atomic E-state index is 14.3.